The van der Waals surface area contributed by atoms with Crippen molar-refractivity contribution < 1.29 is 9.90 Å². The quantitative estimate of drug-likeness (QED) is 0.290. The third-order valence-electron chi connectivity index (χ3n) is 0. The summed E-state index contributed by atoms with van der Waals surface area (Å²) in [6, 6.07) is 0. The molecule has 0 bridgehead atoms. The first-order valence-corrected chi connectivity index (χ1v) is 1.11. The van der Waals surface area contributed by atoms with E-state index in [1.807, 2.05) is 0 Å². The molecule has 0 aromatic heterocycles. The molecular weight excluding hydrogens is 108 g/mol. The third-order valence-corrected chi connectivity index (χ3v) is 0. The van der Waals surface area contributed by atoms with Gasteiger partial charge in [-0.05, 0) is 0 Å². The molecule has 0 aromatic carbocycles. The standard InChI is InChI=1S/C2H3O.CH3O.Ca/c1-2-3;1-2;/h1H3;1H3;/q2*-1;+2. The van der Waals surface area contributed by atoms with Crippen molar-refractivity contribution in [3.63, 3.8) is 0 Å². The Morgan fingerprint density at radius 3 is 1.50 bits per heavy atom. The minimum absolute atomic E-state index is 0. The summed E-state index contributed by atoms with van der Waals surface area (Å²) in [5.41, 5.74) is 0. The molecule has 0 spiro atoms. The minimum atomic E-state index is 0. The molecule has 0 aliphatic heterocycles. The van der Waals surface area contributed by atoms with Gasteiger partial charge < -0.3 is 9.90 Å². The Kier molecular flexibility index (Phi) is 104. The molecule has 0 aliphatic rings. The minimum Gasteiger partial charge on any atom is -0.857 e. The summed E-state index contributed by atoms with van der Waals surface area (Å²) < 4.78 is 0. The van der Waals surface area contributed by atoms with Gasteiger partial charge in [0.25, 0.3) is 0 Å². The van der Waals surface area contributed by atoms with E-state index < -0.39 is 0 Å². The zero-order valence-electron chi connectivity index (χ0n) is 4.02. The van der Waals surface area contributed by atoms with Crippen molar-refractivity contribution in [2.45, 2.75) is 6.92 Å². The van der Waals surface area contributed by atoms with Gasteiger partial charge in [-0.3, -0.25) is 6.29 Å². The Balaban J connectivity index is -0.0000000275. The van der Waals surface area contributed by atoms with Gasteiger partial charge in [-0.2, -0.15) is 14.0 Å². The van der Waals surface area contributed by atoms with Crippen LogP contribution in [0.5, 0.6) is 0 Å². The molecule has 0 aromatic rings. The number of hydrogen-bond donors (Lipinski definition) is 0. The second-order valence-corrected chi connectivity index (χ2v) is 0.204. The molecular formula is C3H6CaO2. The zero-order chi connectivity index (χ0) is 4.71. The maximum absolute atomic E-state index is 8.68. The van der Waals surface area contributed by atoms with E-state index in [1.54, 1.807) is 0 Å². The van der Waals surface area contributed by atoms with Gasteiger partial charge in [0.15, 0.2) is 0 Å². The predicted molar refractivity (Wildman–Crippen MR) is 23.0 cm³/mol. The van der Waals surface area contributed by atoms with Crippen LogP contribution in [0.15, 0.2) is 0 Å². The van der Waals surface area contributed by atoms with Crippen LogP contribution >= 0.6 is 0 Å². The average molecular weight is 114 g/mol. The summed E-state index contributed by atoms with van der Waals surface area (Å²) in [4.78, 5) is 8.68. The first kappa shape index (κ1) is 15.8. The van der Waals surface area contributed by atoms with Crippen LogP contribution < -0.4 is 5.11 Å². The summed E-state index contributed by atoms with van der Waals surface area (Å²) in [7, 11) is 0.750. The van der Waals surface area contributed by atoms with Crippen molar-refractivity contribution in [1.82, 2.24) is 0 Å². The van der Waals surface area contributed by atoms with Gasteiger partial charge >= 0.3 is 37.7 Å². The molecule has 3 heteroatoms. The Hall–Kier alpha value is 0.890. The van der Waals surface area contributed by atoms with E-state index in [1.165, 1.54) is 13.2 Å². The smallest absolute Gasteiger partial charge is 0.857 e. The van der Waals surface area contributed by atoms with Crippen molar-refractivity contribution in [2.24, 2.45) is 0 Å². The summed E-state index contributed by atoms with van der Waals surface area (Å²) in [5, 5.41) is 8.25. The maximum atomic E-state index is 8.68. The van der Waals surface area contributed by atoms with Crippen molar-refractivity contribution in [2.75, 3.05) is 7.11 Å². The van der Waals surface area contributed by atoms with Crippen molar-refractivity contribution in [3.05, 3.63) is 0 Å². The van der Waals surface area contributed by atoms with Gasteiger partial charge in [0, 0.05) is 0 Å². The first-order valence-electron chi connectivity index (χ1n) is 1.11. The normalized spacial score (nSPS) is 3.17. The molecule has 0 fully saturated rings. The van der Waals surface area contributed by atoms with Crippen LogP contribution in [0.25, 0.3) is 0 Å². The van der Waals surface area contributed by atoms with Gasteiger partial charge in [0.1, 0.15) is 0 Å². The van der Waals surface area contributed by atoms with E-state index in [9.17, 15) is 0 Å². The van der Waals surface area contributed by atoms with Gasteiger partial charge in [-0.15, -0.1) is 0 Å². The molecule has 2 nitrogen and oxygen atoms in total. The van der Waals surface area contributed by atoms with Crippen molar-refractivity contribution >= 4 is 44.0 Å². The molecule has 6 heavy (non-hydrogen) atoms. The second kappa shape index (κ2) is 39.4. The molecule has 0 saturated carbocycles. The summed E-state index contributed by atoms with van der Waals surface area (Å²) >= 11 is 0. The van der Waals surface area contributed by atoms with Crippen LogP contribution in [0.2, 0.25) is 0 Å². The monoisotopic (exact) mass is 114 g/mol. The van der Waals surface area contributed by atoms with E-state index in [4.69, 9.17) is 9.90 Å². The predicted octanol–water partition coefficient (Wildman–Crippen LogP) is -1.29. The summed E-state index contributed by atoms with van der Waals surface area (Å²) in [5.74, 6) is 0. The van der Waals surface area contributed by atoms with Crippen LogP contribution in [0, 0.1) is 0 Å². The molecule has 0 aliphatic carbocycles. The van der Waals surface area contributed by atoms with Gasteiger partial charge in [0.2, 0.25) is 0 Å². The Morgan fingerprint density at radius 2 is 1.50 bits per heavy atom. The van der Waals surface area contributed by atoms with Crippen molar-refractivity contribution in [3.8, 4) is 0 Å². The molecule has 0 amide bonds. The topological polar surface area (TPSA) is 40.1 Å². The number of hydrogen-bond acceptors (Lipinski definition) is 2. The molecule has 0 N–H and O–H groups in total. The van der Waals surface area contributed by atoms with Crippen molar-refractivity contribution in [1.29, 1.82) is 0 Å². The van der Waals surface area contributed by atoms with E-state index in [0.29, 0.717) is 0 Å². The number of rotatable bonds is 0. The van der Waals surface area contributed by atoms with E-state index in [2.05, 4.69) is 0 Å². The van der Waals surface area contributed by atoms with Crippen LogP contribution in [0.4, 0.5) is 0 Å². The Morgan fingerprint density at radius 1 is 1.50 bits per heavy atom. The van der Waals surface area contributed by atoms with Gasteiger partial charge in [-0.25, -0.2) is 0 Å². The molecule has 0 unspecified atom stereocenters. The Bertz CT molecular complexity index is 16.3. The van der Waals surface area contributed by atoms with Crippen LogP contribution in [-0.2, 0) is 4.79 Å². The number of carbonyl (C=O) groups excluding carboxylic acids is 1. The van der Waals surface area contributed by atoms with Gasteiger partial charge in [0.05, 0.1) is 0 Å². The fraction of sp³-hybridized carbons (Fsp3) is 0.667. The van der Waals surface area contributed by atoms with Crippen LogP contribution in [0.1, 0.15) is 6.92 Å². The molecule has 0 atom stereocenters. The fourth-order valence-electron chi connectivity index (χ4n) is 0. The fourth-order valence-corrected chi connectivity index (χ4v) is 0. The first-order chi connectivity index (χ1) is 2.41. The van der Waals surface area contributed by atoms with E-state index in [0.717, 1.165) is 7.11 Å². The molecule has 32 valence electrons. The van der Waals surface area contributed by atoms with E-state index in [-0.39, 0.29) is 37.7 Å². The maximum Gasteiger partial charge on any atom is 2.00 e. The molecule has 0 rings (SSSR count). The summed E-state index contributed by atoms with van der Waals surface area (Å²) in [6.07, 6.45) is 1.50. The van der Waals surface area contributed by atoms with Crippen LogP contribution in [-0.4, -0.2) is 51.1 Å². The Labute approximate surface area is 67.5 Å². The molecule has 0 radical (unpaired) electrons. The van der Waals surface area contributed by atoms with E-state index >= 15 is 0 Å². The molecule has 0 heterocycles. The average Bonchev–Trinajstić information content (AvgIpc) is 1.46. The summed E-state index contributed by atoms with van der Waals surface area (Å²) in [6.45, 7) is 1.32. The van der Waals surface area contributed by atoms with Gasteiger partial charge in [-0.1, -0.05) is 0 Å². The third kappa shape index (κ3) is 93.5. The largest absolute Gasteiger partial charge is 2.00 e. The SMILES string of the molecule is C[C-]=O.C[O-].[Ca+2]. The zero-order valence-corrected chi connectivity index (χ0v) is 6.23. The second-order valence-electron chi connectivity index (χ2n) is 0.204. The van der Waals surface area contributed by atoms with Crippen LogP contribution in [0.3, 0.4) is 0 Å². The molecule has 0 saturated heterocycles.